The van der Waals surface area contributed by atoms with Gasteiger partial charge in [-0.1, -0.05) is 25.3 Å². The maximum Gasteiger partial charge on any atom is 0.0687 e. The van der Waals surface area contributed by atoms with Gasteiger partial charge in [0.25, 0.3) is 0 Å². The molecule has 3 atom stereocenters. The number of fused-ring (bicyclic) bond motifs is 2. The summed E-state index contributed by atoms with van der Waals surface area (Å²) in [5, 5.41) is 10.3. The summed E-state index contributed by atoms with van der Waals surface area (Å²) in [4.78, 5) is 0. The van der Waals surface area contributed by atoms with Crippen molar-refractivity contribution in [1.82, 2.24) is 0 Å². The normalized spacial score (nSPS) is 44.4. The van der Waals surface area contributed by atoms with Crippen LogP contribution in [0.15, 0.2) is 12.7 Å². The highest BCUT2D eigenvalue weighted by atomic mass is 16.3. The van der Waals surface area contributed by atoms with Crippen LogP contribution in [-0.2, 0) is 0 Å². The van der Waals surface area contributed by atoms with Crippen LogP contribution >= 0.6 is 0 Å². The van der Waals surface area contributed by atoms with Crippen LogP contribution in [0.25, 0.3) is 0 Å². The predicted molar refractivity (Wildman–Crippen MR) is 54.4 cm³/mol. The van der Waals surface area contributed by atoms with Crippen LogP contribution in [-0.4, -0.2) is 10.7 Å². The summed E-state index contributed by atoms with van der Waals surface area (Å²) in [6, 6.07) is 0. The Kier molecular flexibility index (Phi) is 2.46. The van der Waals surface area contributed by atoms with Gasteiger partial charge in [0.1, 0.15) is 0 Å². The molecule has 0 radical (unpaired) electrons. The van der Waals surface area contributed by atoms with Crippen LogP contribution in [0.5, 0.6) is 0 Å². The fraction of sp³-hybridized carbons (Fsp3) is 0.833. The molecule has 1 unspecified atom stereocenters. The minimum atomic E-state index is -0.393. The summed E-state index contributed by atoms with van der Waals surface area (Å²) in [5.74, 6) is 1.61. The zero-order valence-electron chi connectivity index (χ0n) is 8.34. The first-order valence-electron chi connectivity index (χ1n) is 5.55. The molecule has 0 spiro atoms. The van der Waals surface area contributed by atoms with E-state index in [1.165, 1.54) is 25.7 Å². The van der Waals surface area contributed by atoms with Crippen molar-refractivity contribution in [2.24, 2.45) is 11.8 Å². The molecule has 0 aliphatic heterocycles. The quantitative estimate of drug-likeness (QED) is 0.648. The summed E-state index contributed by atoms with van der Waals surface area (Å²) in [7, 11) is 0. The van der Waals surface area contributed by atoms with E-state index in [4.69, 9.17) is 0 Å². The van der Waals surface area contributed by atoms with E-state index in [1.54, 1.807) is 0 Å². The van der Waals surface area contributed by atoms with Gasteiger partial charge in [-0.25, -0.2) is 0 Å². The molecule has 13 heavy (non-hydrogen) atoms. The Bertz CT molecular complexity index is 185. The maximum atomic E-state index is 10.3. The lowest BCUT2D eigenvalue weighted by Crippen LogP contribution is -2.40. The second kappa shape index (κ2) is 3.45. The number of rotatable bonds is 2. The molecule has 2 rings (SSSR count). The van der Waals surface area contributed by atoms with E-state index in [0.29, 0.717) is 0 Å². The Morgan fingerprint density at radius 2 is 1.92 bits per heavy atom. The van der Waals surface area contributed by atoms with Gasteiger partial charge in [0.15, 0.2) is 0 Å². The van der Waals surface area contributed by atoms with Gasteiger partial charge in [-0.15, -0.1) is 6.58 Å². The lowest BCUT2D eigenvalue weighted by molar-refractivity contribution is -0.0490. The molecule has 0 saturated heterocycles. The highest BCUT2D eigenvalue weighted by Crippen LogP contribution is 2.45. The van der Waals surface area contributed by atoms with Crippen LogP contribution in [0.1, 0.15) is 44.9 Å². The Balaban J connectivity index is 2.03. The number of hydrogen-bond donors (Lipinski definition) is 1. The van der Waals surface area contributed by atoms with Crippen molar-refractivity contribution in [2.75, 3.05) is 0 Å². The van der Waals surface area contributed by atoms with Gasteiger partial charge in [0, 0.05) is 0 Å². The molecule has 0 amide bonds. The molecule has 0 aromatic heterocycles. The van der Waals surface area contributed by atoms with E-state index < -0.39 is 5.60 Å². The van der Waals surface area contributed by atoms with Crippen molar-refractivity contribution in [1.29, 1.82) is 0 Å². The Morgan fingerprint density at radius 3 is 2.46 bits per heavy atom. The SMILES string of the molecule is C=CCC1(O)C[C@@H]2CCC[C@@H](C2)C1. The third-order valence-electron chi connectivity index (χ3n) is 3.75. The van der Waals surface area contributed by atoms with E-state index in [0.717, 1.165) is 31.1 Å². The zero-order chi connectivity index (χ0) is 9.31. The van der Waals surface area contributed by atoms with Crippen LogP contribution in [0.2, 0.25) is 0 Å². The highest BCUT2D eigenvalue weighted by Gasteiger charge is 2.39. The first-order chi connectivity index (χ1) is 6.22. The lowest BCUT2D eigenvalue weighted by Gasteiger charge is -2.44. The average Bonchev–Trinajstić information content (AvgIpc) is 2.02. The van der Waals surface area contributed by atoms with Crippen molar-refractivity contribution in [3.63, 3.8) is 0 Å². The minimum absolute atomic E-state index is 0.393. The molecule has 2 aliphatic rings. The van der Waals surface area contributed by atoms with Gasteiger partial charge in [-0.3, -0.25) is 0 Å². The molecule has 2 fully saturated rings. The second-order valence-electron chi connectivity index (χ2n) is 5.02. The summed E-state index contributed by atoms with van der Waals surface area (Å²) in [5.41, 5.74) is -0.393. The van der Waals surface area contributed by atoms with Crippen molar-refractivity contribution in [3.8, 4) is 0 Å². The fourth-order valence-electron chi connectivity index (χ4n) is 3.37. The second-order valence-corrected chi connectivity index (χ2v) is 5.02. The van der Waals surface area contributed by atoms with Crippen molar-refractivity contribution in [2.45, 2.75) is 50.5 Å². The van der Waals surface area contributed by atoms with E-state index in [-0.39, 0.29) is 0 Å². The summed E-state index contributed by atoms with van der Waals surface area (Å²) in [6.07, 6.45) is 10.2. The maximum absolute atomic E-state index is 10.3. The summed E-state index contributed by atoms with van der Waals surface area (Å²) >= 11 is 0. The zero-order valence-corrected chi connectivity index (χ0v) is 8.34. The van der Waals surface area contributed by atoms with E-state index >= 15 is 0 Å². The van der Waals surface area contributed by atoms with Crippen molar-refractivity contribution >= 4 is 0 Å². The van der Waals surface area contributed by atoms with Crippen molar-refractivity contribution in [3.05, 3.63) is 12.7 Å². The molecule has 1 heteroatoms. The van der Waals surface area contributed by atoms with Crippen molar-refractivity contribution < 1.29 is 5.11 Å². The van der Waals surface area contributed by atoms with Crippen LogP contribution in [0.3, 0.4) is 0 Å². The van der Waals surface area contributed by atoms with Gasteiger partial charge in [-0.2, -0.15) is 0 Å². The van der Waals surface area contributed by atoms with Crippen LogP contribution in [0, 0.1) is 11.8 Å². The minimum Gasteiger partial charge on any atom is -0.390 e. The third kappa shape index (κ3) is 1.96. The molecule has 2 saturated carbocycles. The first-order valence-corrected chi connectivity index (χ1v) is 5.55. The molecule has 1 N–H and O–H groups in total. The molecule has 1 nitrogen and oxygen atoms in total. The Hall–Kier alpha value is -0.300. The van der Waals surface area contributed by atoms with Crippen LogP contribution < -0.4 is 0 Å². The number of hydrogen-bond acceptors (Lipinski definition) is 1. The summed E-state index contributed by atoms with van der Waals surface area (Å²) in [6.45, 7) is 3.73. The van der Waals surface area contributed by atoms with Gasteiger partial charge in [0.2, 0.25) is 0 Å². The van der Waals surface area contributed by atoms with Gasteiger partial charge in [-0.05, 0) is 37.5 Å². The molecule has 2 bridgehead atoms. The molecule has 0 aromatic rings. The topological polar surface area (TPSA) is 20.2 Å². The van der Waals surface area contributed by atoms with Crippen LogP contribution in [0.4, 0.5) is 0 Å². The fourth-order valence-corrected chi connectivity index (χ4v) is 3.37. The third-order valence-corrected chi connectivity index (χ3v) is 3.75. The lowest BCUT2D eigenvalue weighted by atomic mass is 9.65. The van der Waals surface area contributed by atoms with Gasteiger partial charge < -0.3 is 5.11 Å². The van der Waals surface area contributed by atoms with E-state index in [2.05, 4.69) is 6.58 Å². The molecule has 0 aromatic carbocycles. The smallest absolute Gasteiger partial charge is 0.0687 e. The largest absolute Gasteiger partial charge is 0.390 e. The Labute approximate surface area is 80.8 Å². The molecule has 0 heterocycles. The monoisotopic (exact) mass is 180 g/mol. The number of aliphatic hydroxyl groups is 1. The van der Waals surface area contributed by atoms with E-state index in [9.17, 15) is 5.11 Å². The molecular weight excluding hydrogens is 160 g/mol. The summed E-state index contributed by atoms with van der Waals surface area (Å²) < 4.78 is 0. The van der Waals surface area contributed by atoms with Gasteiger partial charge in [0.05, 0.1) is 5.60 Å². The van der Waals surface area contributed by atoms with Gasteiger partial charge >= 0.3 is 0 Å². The molecule has 74 valence electrons. The van der Waals surface area contributed by atoms with E-state index in [1.807, 2.05) is 6.08 Å². The highest BCUT2D eigenvalue weighted by molar-refractivity contribution is 4.96. The Morgan fingerprint density at radius 1 is 1.31 bits per heavy atom. The first kappa shape index (κ1) is 9.26. The molecule has 2 aliphatic carbocycles. The average molecular weight is 180 g/mol. The predicted octanol–water partition coefficient (Wildman–Crippen LogP) is 2.89. The molecular formula is C12H20O. The standard InChI is InChI=1S/C12H20O/c1-2-6-12(13)8-10-4-3-5-11(7-10)9-12/h2,10-11,13H,1,3-9H2/t10-,11+,12?.